The van der Waals surface area contributed by atoms with Gasteiger partial charge in [-0.3, -0.25) is 9.69 Å². The van der Waals surface area contributed by atoms with E-state index in [-0.39, 0.29) is 30.0 Å². The number of nitrogens with zero attached hydrogens (tertiary/aromatic N) is 2. The highest BCUT2D eigenvalue weighted by molar-refractivity contribution is 5.92. The highest BCUT2D eigenvalue weighted by Crippen LogP contribution is 2.33. The van der Waals surface area contributed by atoms with Crippen LogP contribution in [0, 0.1) is 5.82 Å². The molecule has 1 saturated heterocycles. The van der Waals surface area contributed by atoms with Crippen LogP contribution in [-0.2, 0) is 34.0 Å². The summed E-state index contributed by atoms with van der Waals surface area (Å²) in [5, 5.41) is 9.27. The van der Waals surface area contributed by atoms with Gasteiger partial charge in [-0.2, -0.15) is 0 Å². The first-order valence-electron chi connectivity index (χ1n) is 13.1. The summed E-state index contributed by atoms with van der Waals surface area (Å²) in [6, 6.07) is 24.2. The normalized spacial score (nSPS) is 20.1. The zero-order valence-corrected chi connectivity index (χ0v) is 21.3. The van der Waals surface area contributed by atoms with Crippen molar-refractivity contribution in [3.8, 4) is 0 Å². The molecule has 0 aromatic heterocycles. The first-order valence-corrected chi connectivity index (χ1v) is 13.1. The molecule has 1 amide bonds. The van der Waals surface area contributed by atoms with E-state index in [1.807, 2.05) is 53.4 Å². The summed E-state index contributed by atoms with van der Waals surface area (Å²) in [4.78, 5) is 17.7. The lowest BCUT2D eigenvalue weighted by Crippen LogP contribution is -2.49. The van der Waals surface area contributed by atoms with Crippen molar-refractivity contribution in [3.05, 3.63) is 119 Å². The van der Waals surface area contributed by atoms with Crippen molar-refractivity contribution < 1.29 is 23.8 Å². The van der Waals surface area contributed by atoms with Crippen molar-refractivity contribution in [1.82, 2.24) is 9.80 Å². The predicted octanol–water partition coefficient (Wildman–Crippen LogP) is 4.59. The minimum Gasteiger partial charge on any atom is -0.459 e. The molecule has 2 aliphatic rings. The van der Waals surface area contributed by atoms with Crippen LogP contribution in [0.1, 0.15) is 34.6 Å². The Hall–Kier alpha value is -3.52. The predicted molar refractivity (Wildman–Crippen MR) is 142 cm³/mol. The van der Waals surface area contributed by atoms with E-state index in [9.17, 15) is 14.3 Å². The van der Waals surface area contributed by atoms with Crippen molar-refractivity contribution in [2.75, 3.05) is 26.2 Å². The Bertz CT molecular complexity index is 1220. The molecule has 0 saturated carbocycles. The molecule has 2 aliphatic heterocycles. The van der Waals surface area contributed by atoms with Crippen LogP contribution in [-0.4, -0.2) is 53.3 Å². The van der Waals surface area contributed by atoms with Crippen LogP contribution in [0.15, 0.2) is 90.7 Å². The molecule has 6 nitrogen and oxygen atoms in total. The van der Waals surface area contributed by atoms with Gasteiger partial charge >= 0.3 is 0 Å². The van der Waals surface area contributed by atoms with Gasteiger partial charge in [0.2, 0.25) is 6.29 Å². The number of aliphatic hydroxyl groups is 1. The summed E-state index contributed by atoms with van der Waals surface area (Å²) in [6.07, 6.45) is 1.75. The molecule has 38 heavy (non-hydrogen) atoms. The van der Waals surface area contributed by atoms with Gasteiger partial charge < -0.3 is 19.5 Å². The van der Waals surface area contributed by atoms with Crippen molar-refractivity contribution in [2.45, 2.75) is 38.4 Å². The van der Waals surface area contributed by atoms with Crippen LogP contribution in [0.4, 0.5) is 4.39 Å². The van der Waals surface area contributed by atoms with Gasteiger partial charge in [-0.05, 0) is 40.5 Å². The molecule has 0 unspecified atom stereocenters. The molecule has 1 fully saturated rings. The quantitative estimate of drug-likeness (QED) is 0.475. The molecule has 2 heterocycles. The molecule has 3 aromatic carbocycles. The standard InChI is InChI=1S/C31H33FN2O4/c32-28-12-10-26(11-13-28)27-18-29(38-30(19-27)37-22-25-8-6-24(21-35)7-9-25)31(36)34-16-14-33(15-17-34)20-23-4-2-1-3-5-23/h1-13,18,27,30,35H,14-17,19-22H2/t27-,30+/m0/s1. The topological polar surface area (TPSA) is 62.2 Å². The number of ether oxygens (including phenoxy) is 2. The number of carbonyl (C=O) groups is 1. The maximum absolute atomic E-state index is 13.6. The second-order valence-corrected chi connectivity index (χ2v) is 9.81. The van der Waals surface area contributed by atoms with Gasteiger partial charge in [0.1, 0.15) is 5.82 Å². The molecule has 7 heteroatoms. The Labute approximate surface area is 222 Å². The van der Waals surface area contributed by atoms with Gasteiger partial charge in [-0.1, -0.05) is 66.7 Å². The van der Waals surface area contributed by atoms with Crippen LogP contribution in [0.3, 0.4) is 0 Å². The fraction of sp³-hybridized carbons (Fsp3) is 0.323. The Morgan fingerprint density at radius 3 is 2.26 bits per heavy atom. The van der Waals surface area contributed by atoms with Gasteiger partial charge in [-0.25, -0.2) is 4.39 Å². The van der Waals surface area contributed by atoms with Crippen molar-refractivity contribution in [1.29, 1.82) is 0 Å². The van der Waals surface area contributed by atoms with Crippen LogP contribution in [0.5, 0.6) is 0 Å². The van der Waals surface area contributed by atoms with Crippen molar-refractivity contribution in [2.24, 2.45) is 0 Å². The van der Waals surface area contributed by atoms with E-state index in [0.717, 1.165) is 36.3 Å². The number of allylic oxidation sites excluding steroid dienone is 1. The number of carbonyl (C=O) groups excluding carboxylic acids is 1. The summed E-state index contributed by atoms with van der Waals surface area (Å²) < 4.78 is 25.7. The molecule has 0 bridgehead atoms. The van der Waals surface area contributed by atoms with Gasteiger partial charge in [0.15, 0.2) is 5.76 Å². The van der Waals surface area contributed by atoms with Crippen molar-refractivity contribution in [3.63, 3.8) is 0 Å². The summed E-state index contributed by atoms with van der Waals surface area (Å²) >= 11 is 0. The summed E-state index contributed by atoms with van der Waals surface area (Å²) in [5.41, 5.74) is 3.95. The van der Waals surface area contributed by atoms with E-state index >= 15 is 0 Å². The SMILES string of the molecule is O=C(C1=C[C@H](c2ccc(F)cc2)C[C@H](OCc2ccc(CO)cc2)O1)N1CCN(Cc2ccccc2)CC1. The average molecular weight is 517 g/mol. The van der Waals surface area contributed by atoms with Crippen molar-refractivity contribution >= 4 is 5.91 Å². The van der Waals surface area contributed by atoms with E-state index in [4.69, 9.17) is 9.47 Å². The molecule has 2 atom stereocenters. The number of piperazine rings is 1. The Morgan fingerprint density at radius 2 is 1.58 bits per heavy atom. The van der Waals surface area contributed by atoms with E-state index < -0.39 is 6.29 Å². The maximum atomic E-state index is 13.6. The first-order chi connectivity index (χ1) is 18.6. The number of amides is 1. The van der Waals surface area contributed by atoms with Crippen LogP contribution in [0.25, 0.3) is 0 Å². The lowest BCUT2D eigenvalue weighted by atomic mass is 9.92. The molecule has 1 N–H and O–H groups in total. The molecule has 5 rings (SSSR count). The molecule has 198 valence electrons. The Balaban J connectivity index is 1.25. The lowest BCUT2D eigenvalue weighted by Gasteiger charge is -2.36. The summed E-state index contributed by atoms with van der Waals surface area (Å²) in [5.74, 6) is -0.294. The third kappa shape index (κ3) is 6.67. The average Bonchev–Trinajstić information content (AvgIpc) is 2.97. The zero-order valence-electron chi connectivity index (χ0n) is 21.3. The first kappa shape index (κ1) is 26.1. The highest BCUT2D eigenvalue weighted by atomic mass is 19.1. The fourth-order valence-electron chi connectivity index (χ4n) is 4.89. The van der Waals surface area contributed by atoms with Gasteiger partial charge in [-0.15, -0.1) is 0 Å². The third-order valence-corrected chi connectivity index (χ3v) is 7.12. The van der Waals surface area contributed by atoms with Crippen LogP contribution >= 0.6 is 0 Å². The molecular weight excluding hydrogens is 483 g/mol. The minimum atomic E-state index is -0.620. The fourth-order valence-corrected chi connectivity index (χ4v) is 4.89. The number of hydrogen-bond acceptors (Lipinski definition) is 5. The smallest absolute Gasteiger partial charge is 0.288 e. The number of halogens is 1. The summed E-state index contributed by atoms with van der Waals surface area (Å²) in [6.45, 7) is 3.99. The molecule has 0 radical (unpaired) electrons. The van der Waals surface area contributed by atoms with Crippen LogP contribution < -0.4 is 0 Å². The number of benzene rings is 3. The highest BCUT2D eigenvalue weighted by Gasteiger charge is 2.32. The van der Waals surface area contributed by atoms with Gasteiger partial charge in [0.05, 0.1) is 13.2 Å². The van der Waals surface area contributed by atoms with E-state index in [0.29, 0.717) is 26.1 Å². The van der Waals surface area contributed by atoms with Crippen LogP contribution in [0.2, 0.25) is 0 Å². The van der Waals surface area contributed by atoms with E-state index in [1.54, 1.807) is 12.1 Å². The lowest BCUT2D eigenvalue weighted by molar-refractivity contribution is -0.157. The Morgan fingerprint density at radius 1 is 0.895 bits per heavy atom. The number of aliphatic hydroxyl groups excluding tert-OH is 1. The second-order valence-electron chi connectivity index (χ2n) is 9.81. The number of hydrogen-bond donors (Lipinski definition) is 1. The van der Waals surface area contributed by atoms with Gasteiger partial charge in [0.25, 0.3) is 5.91 Å². The monoisotopic (exact) mass is 516 g/mol. The maximum Gasteiger partial charge on any atom is 0.288 e. The Kier molecular flexibility index (Phi) is 8.48. The zero-order chi connectivity index (χ0) is 26.3. The molecular formula is C31H33FN2O4. The van der Waals surface area contributed by atoms with E-state index in [1.165, 1.54) is 17.7 Å². The summed E-state index contributed by atoms with van der Waals surface area (Å²) in [7, 11) is 0. The largest absolute Gasteiger partial charge is 0.459 e. The van der Waals surface area contributed by atoms with E-state index in [2.05, 4.69) is 17.0 Å². The van der Waals surface area contributed by atoms with Gasteiger partial charge in [0, 0.05) is 45.1 Å². The molecule has 0 aliphatic carbocycles. The third-order valence-electron chi connectivity index (χ3n) is 7.12. The second kappa shape index (κ2) is 12.3. The molecule has 0 spiro atoms. The number of rotatable bonds is 8. The molecule has 3 aromatic rings. The minimum absolute atomic E-state index is 0.0109.